The first-order valence-corrected chi connectivity index (χ1v) is 12.4. The minimum Gasteiger partial charge on any atom is -0.379 e. The fraction of sp³-hybridized carbons (Fsp3) is 0.591. The lowest BCUT2D eigenvalue weighted by Gasteiger charge is -2.48. The number of morpholine rings is 1. The van der Waals surface area contributed by atoms with Crippen LogP contribution >= 0.6 is 0 Å². The van der Waals surface area contributed by atoms with E-state index in [1.54, 1.807) is 0 Å². The van der Waals surface area contributed by atoms with E-state index in [4.69, 9.17) is 4.74 Å². The Bertz CT molecular complexity index is 799. The van der Waals surface area contributed by atoms with Gasteiger partial charge in [0.2, 0.25) is 15.9 Å². The van der Waals surface area contributed by atoms with E-state index >= 15 is 0 Å². The zero-order valence-electron chi connectivity index (χ0n) is 17.5. The van der Waals surface area contributed by atoms with Gasteiger partial charge in [-0.2, -0.15) is 0 Å². The van der Waals surface area contributed by atoms with Gasteiger partial charge >= 0.3 is 0 Å². The maximum Gasteiger partial charge on any atom is 0.233 e. The van der Waals surface area contributed by atoms with Gasteiger partial charge in [-0.05, 0) is 24.5 Å². The van der Waals surface area contributed by atoms with E-state index in [-0.39, 0.29) is 24.4 Å². The zero-order chi connectivity index (χ0) is 21.3. The summed E-state index contributed by atoms with van der Waals surface area (Å²) in [5.41, 5.74) is 0.816. The van der Waals surface area contributed by atoms with Crippen molar-refractivity contribution in [2.75, 3.05) is 39.4 Å². The number of rotatable bonds is 9. The zero-order valence-corrected chi connectivity index (χ0v) is 18.3. The van der Waals surface area contributed by atoms with Crippen molar-refractivity contribution in [3.05, 3.63) is 41.3 Å². The molecule has 1 aromatic carbocycles. The third-order valence-electron chi connectivity index (χ3n) is 5.98. The van der Waals surface area contributed by atoms with Crippen molar-refractivity contribution >= 4 is 22.0 Å². The normalized spacial score (nSPS) is 20.3. The molecule has 2 fully saturated rings. The molecule has 0 spiro atoms. The molecule has 3 rings (SSSR count). The number of sulfonamides is 1. The van der Waals surface area contributed by atoms with Gasteiger partial charge in [0.05, 0.1) is 13.2 Å². The van der Waals surface area contributed by atoms with Crippen LogP contribution in [-0.4, -0.2) is 64.2 Å². The summed E-state index contributed by atoms with van der Waals surface area (Å²) >= 11 is 0. The van der Waals surface area contributed by atoms with Crippen LogP contribution in [0, 0.1) is 0 Å². The van der Waals surface area contributed by atoms with E-state index in [1.165, 1.54) is 25.3 Å². The molecule has 0 bridgehead atoms. The maximum atomic E-state index is 12.4. The third kappa shape index (κ3) is 6.91. The molecule has 1 aliphatic carbocycles. The van der Waals surface area contributed by atoms with E-state index in [0.29, 0.717) is 6.54 Å². The second-order valence-corrected chi connectivity index (χ2v) is 9.71. The van der Waals surface area contributed by atoms with Gasteiger partial charge in [-0.25, -0.2) is 13.1 Å². The molecule has 7 nitrogen and oxygen atoms in total. The average Bonchev–Trinajstić information content (AvgIpc) is 2.78. The van der Waals surface area contributed by atoms with Crippen LogP contribution in [0.1, 0.15) is 44.1 Å². The molecule has 2 aliphatic rings. The highest BCUT2D eigenvalue weighted by atomic mass is 32.2. The lowest BCUT2D eigenvalue weighted by molar-refractivity contribution is -0.122. The van der Waals surface area contributed by atoms with Gasteiger partial charge < -0.3 is 10.1 Å². The molecule has 1 saturated carbocycles. The highest BCUT2D eigenvalue weighted by Gasteiger charge is 2.38. The highest BCUT2D eigenvalue weighted by molar-refractivity contribution is 7.92. The number of nitrogens with one attached hydrogen (secondary N) is 2. The lowest BCUT2D eigenvalue weighted by Crippen LogP contribution is -2.59. The monoisotopic (exact) mass is 435 g/mol. The number of hydrogen-bond donors (Lipinski definition) is 2. The van der Waals surface area contributed by atoms with Gasteiger partial charge in [-0.3, -0.25) is 9.69 Å². The number of hydrogen-bond acceptors (Lipinski definition) is 5. The Hall–Kier alpha value is -1.74. The molecule has 166 valence electrons. The summed E-state index contributed by atoms with van der Waals surface area (Å²) in [4.78, 5) is 14.8. The number of nitrogens with zero attached hydrogens (tertiary/aromatic N) is 1. The first kappa shape index (κ1) is 22.9. The van der Waals surface area contributed by atoms with Crippen LogP contribution in [0.25, 0.3) is 6.08 Å². The minimum atomic E-state index is -3.57. The van der Waals surface area contributed by atoms with Crippen LogP contribution in [0.2, 0.25) is 0 Å². The molecule has 0 unspecified atom stereocenters. The Morgan fingerprint density at radius 3 is 2.50 bits per heavy atom. The van der Waals surface area contributed by atoms with Crippen molar-refractivity contribution < 1.29 is 17.9 Å². The molecule has 1 heterocycles. The molecule has 1 aromatic rings. The maximum absolute atomic E-state index is 12.4. The standard InChI is InChI=1S/C22H33N3O4S/c26-21(9-13-24-30(27,28)18-10-20-7-3-1-4-8-20)23-19-22(11-5-2-6-12-22)25-14-16-29-17-15-25/h1,3-4,7-8,10,18,24H,2,5-6,9,11-17,19H2,(H,23,26). The molecule has 0 atom stereocenters. The molecular formula is C22H33N3O4S. The second kappa shape index (κ2) is 11.0. The molecule has 0 aromatic heterocycles. The quantitative estimate of drug-likeness (QED) is 0.620. The summed E-state index contributed by atoms with van der Waals surface area (Å²) in [6.07, 6.45) is 7.45. The number of amides is 1. The van der Waals surface area contributed by atoms with E-state index in [2.05, 4.69) is 14.9 Å². The largest absolute Gasteiger partial charge is 0.379 e. The molecule has 1 aliphatic heterocycles. The summed E-state index contributed by atoms with van der Waals surface area (Å²) in [5.74, 6) is -0.122. The molecule has 0 radical (unpaired) electrons. The average molecular weight is 436 g/mol. The number of carbonyl (C=O) groups is 1. The van der Waals surface area contributed by atoms with Gasteiger partial charge in [0.15, 0.2) is 0 Å². The van der Waals surface area contributed by atoms with Crippen molar-refractivity contribution in [3.63, 3.8) is 0 Å². The summed E-state index contributed by atoms with van der Waals surface area (Å²) in [7, 11) is -3.57. The Morgan fingerprint density at radius 2 is 1.80 bits per heavy atom. The third-order valence-corrected chi connectivity index (χ3v) is 7.08. The van der Waals surface area contributed by atoms with E-state index in [1.807, 2.05) is 30.3 Å². The summed E-state index contributed by atoms with van der Waals surface area (Å²) < 4.78 is 32.2. The van der Waals surface area contributed by atoms with Crippen LogP contribution in [0.15, 0.2) is 35.7 Å². The SMILES string of the molecule is O=C(CCNS(=O)(=O)C=Cc1ccccc1)NCC1(N2CCOCC2)CCCCC1. The Labute approximate surface area is 179 Å². The number of ether oxygens (including phenoxy) is 1. The van der Waals surface area contributed by atoms with Crippen molar-refractivity contribution in [1.82, 2.24) is 14.9 Å². The van der Waals surface area contributed by atoms with Gasteiger partial charge in [-0.1, -0.05) is 49.6 Å². The Balaban J connectivity index is 1.44. The predicted octanol–water partition coefficient (Wildman–Crippen LogP) is 2.12. The van der Waals surface area contributed by atoms with Gasteiger partial charge in [0.1, 0.15) is 0 Å². The summed E-state index contributed by atoms with van der Waals surface area (Å²) in [5, 5.41) is 4.19. The summed E-state index contributed by atoms with van der Waals surface area (Å²) in [6.45, 7) is 4.00. The van der Waals surface area contributed by atoms with Crippen LogP contribution in [0.4, 0.5) is 0 Å². The molecule has 1 amide bonds. The van der Waals surface area contributed by atoms with Crippen LogP contribution < -0.4 is 10.0 Å². The van der Waals surface area contributed by atoms with E-state index in [0.717, 1.165) is 50.1 Å². The second-order valence-electron chi connectivity index (χ2n) is 8.06. The first-order chi connectivity index (χ1) is 14.5. The van der Waals surface area contributed by atoms with Gasteiger partial charge in [0, 0.05) is 43.5 Å². The lowest BCUT2D eigenvalue weighted by atomic mass is 9.79. The first-order valence-electron chi connectivity index (χ1n) is 10.8. The van der Waals surface area contributed by atoms with Crippen LogP contribution in [0.5, 0.6) is 0 Å². The fourth-order valence-electron chi connectivity index (χ4n) is 4.29. The minimum absolute atomic E-state index is 0.00954. The smallest absolute Gasteiger partial charge is 0.233 e. The van der Waals surface area contributed by atoms with Gasteiger partial charge in [-0.15, -0.1) is 0 Å². The molecule has 1 saturated heterocycles. The van der Waals surface area contributed by atoms with Crippen LogP contribution in [0.3, 0.4) is 0 Å². The molecular weight excluding hydrogens is 402 g/mol. The topological polar surface area (TPSA) is 87.7 Å². The molecule has 8 heteroatoms. The van der Waals surface area contributed by atoms with Gasteiger partial charge in [0.25, 0.3) is 0 Å². The van der Waals surface area contributed by atoms with E-state index < -0.39 is 10.0 Å². The van der Waals surface area contributed by atoms with Crippen molar-refractivity contribution in [2.24, 2.45) is 0 Å². The van der Waals surface area contributed by atoms with Crippen molar-refractivity contribution in [1.29, 1.82) is 0 Å². The number of carbonyl (C=O) groups excluding carboxylic acids is 1. The van der Waals surface area contributed by atoms with Crippen molar-refractivity contribution in [3.8, 4) is 0 Å². The summed E-state index contributed by atoms with van der Waals surface area (Å²) in [6, 6.07) is 9.23. The number of benzene rings is 1. The molecule has 2 N–H and O–H groups in total. The fourth-order valence-corrected chi connectivity index (χ4v) is 5.11. The van der Waals surface area contributed by atoms with Crippen LogP contribution in [-0.2, 0) is 19.6 Å². The van der Waals surface area contributed by atoms with Crippen molar-refractivity contribution in [2.45, 2.75) is 44.1 Å². The highest BCUT2D eigenvalue weighted by Crippen LogP contribution is 2.33. The predicted molar refractivity (Wildman–Crippen MR) is 118 cm³/mol. The molecule has 30 heavy (non-hydrogen) atoms. The Kier molecular flexibility index (Phi) is 8.44. The Morgan fingerprint density at radius 1 is 1.10 bits per heavy atom. The van der Waals surface area contributed by atoms with E-state index in [9.17, 15) is 13.2 Å².